The van der Waals surface area contributed by atoms with Crippen LogP contribution in [-0.2, 0) is 6.54 Å². The molecule has 0 unspecified atom stereocenters. The summed E-state index contributed by atoms with van der Waals surface area (Å²) in [5, 5.41) is 0.608. The summed E-state index contributed by atoms with van der Waals surface area (Å²) in [5.41, 5.74) is 12.0. The van der Waals surface area contributed by atoms with Crippen LogP contribution in [0.25, 0.3) is 0 Å². The highest BCUT2D eigenvalue weighted by atomic mass is 35.5. The first-order valence-electron chi connectivity index (χ1n) is 5.66. The predicted molar refractivity (Wildman–Crippen MR) is 74.4 cm³/mol. The number of primary amides is 1. The van der Waals surface area contributed by atoms with Gasteiger partial charge < -0.3 is 16.2 Å². The molecule has 1 amide bonds. The smallest absolute Gasteiger partial charge is 0.248 e. The number of amides is 1. The van der Waals surface area contributed by atoms with Gasteiger partial charge in [-0.2, -0.15) is 0 Å². The average molecular weight is 277 g/mol. The summed E-state index contributed by atoms with van der Waals surface area (Å²) < 4.78 is 5.70. The molecule has 5 heteroatoms. The number of rotatable bonds is 4. The van der Waals surface area contributed by atoms with Gasteiger partial charge in [-0.05, 0) is 42.5 Å². The molecule has 0 spiro atoms. The Morgan fingerprint density at radius 3 is 2.42 bits per heavy atom. The molecule has 4 nitrogen and oxygen atoms in total. The van der Waals surface area contributed by atoms with E-state index < -0.39 is 5.91 Å². The topological polar surface area (TPSA) is 78.3 Å². The minimum Gasteiger partial charge on any atom is -0.457 e. The molecule has 0 radical (unpaired) electrons. The molecule has 0 saturated heterocycles. The van der Waals surface area contributed by atoms with Crippen LogP contribution in [0.15, 0.2) is 42.5 Å². The first-order chi connectivity index (χ1) is 9.10. The predicted octanol–water partition coefficient (Wildman–Crippen LogP) is 2.69. The van der Waals surface area contributed by atoms with E-state index in [2.05, 4.69) is 0 Å². The maximum Gasteiger partial charge on any atom is 0.248 e. The van der Waals surface area contributed by atoms with Crippen molar-refractivity contribution in [1.29, 1.82) is 0 Å². The molecular weight excluding hydrogens is 264 g/mol. The first-order valence-corrected chi connectivity index (χ1v) is 6.04. The van der Waals surface area contributed by atoms with Crippen LogP contribution in [0.3, 0.4) is 0 Å². The normalized spacial score (nSPS) is 10.2. The molecule has 0 aliphatic rings. The Morgan fingerprint density at radius 1 is 1.16 bits per heavy atom. The van der Waals surface area contributed by atoms with Gasteiger partial charge in [-0.1, -0.05) is 11.6 Å². The number of carbonyl (C=O) groups is 1. The molecule has 19 heavy (non-hydrogen) atoms. The number of benzene rings is 2. The molecule has 0 bridgehead atoms. The van der Waals surface area contributed by atoms with Crippen molar-refractivity contribution >= 4 is 17.5 Å². The van der Waals surface area contributed by atoms with Gasteiger partial charge in [-0.15, -0.1) is 0 Å². The quantitative estimate of drug-likeness (QED) is 0.901. The van der Waals surface area contributed by atoms with E-state index in [0.717, 1.165) is 5.56 Å². The number of carbonyl (C=O) groups excluding carboxylic acids is 1. The zero-order valence-electron chi connectivity index (χ0n) is 10.1. The maximum atomic E-state index is 11.0. The highest BCUT2D eigenvalue weighted by molar-refractivity contribution is 6.30. The van der Waals surface area contributed by atoms with Gasteiger partial charge in [0.05, 0.1) is 0 Å². The second kappa shape index (κ2) is 5.73. The fourth-order valence-electron chi connectivity index (χ4n) is 1.62. The summed E-state index contributed by atoms with van der Waals surface area (Å²) in [6.07, 6.45) is 0. The van der Waals surface area contributed by atoms with Crippen LogP contribution < -0.4 is 16.2 Å². The Balaban J connectivity index is 2.23. The second-order valence-corrected chi connectivity index (χ2v) is 4.38. The van der Waals surface area contributed by atoms with Crippen molar-refractivity contribution in [3.8, 4) is 11.5 Å². The zero-order valence-corrected chi connectivity index (χ0v) is 10.9. The summed E-state index contributed by atoms with van der Waals surface area (Å²) in [6, 6.07) is 11.8. The molecule has 98 valence electrons. The van der Waals surface area contributed by atoms with E-state index in [1.165, 1.54) is 0 Å². The fourth-order valence-corrected chi connectivity index (χ4v) is 1.82. The molecule has 0 fully saturated rings. The van der Waals surface area contributed by atoms with E-state index in [4.69, 9.17) is 27.8 Å². The van der Waals surface area contributed by atoms with Crippen LogP contribution in [0.1, 0.15) is 15.9 Å². The van der Waals surface area contributed by atoms with Crippen LogP contribution in [-0.4, -0.2) is 5.91 Å². The van der Waals surface area contributed by atoms with Crippen LogP contribution >= 0.6 is 11.6 Å². The Bertz CT molecular complexity index is 597. The second-order valence-electron chi connectivity index (χ2n) is 3.95. The third-order valence-electron chi connectivity index (χ3n) is 2.61. The van der Waals surface area contributed by atoms with Crippen molar-refractivity contribution in [2.24, 2.45) is 11.5 Å². The first kappa shape index (κ1) is 13.4. The van der Waals surface area contributed by atoms with Crippen LogP contribution in [0.5, 0.6) is 11.5 Å². The summed E-state index contributed by atoms with van der Waals surface area (Å²) in [6.45, 7) is 0.329. The van der Waals surface area contributed by atoms with Gasteiger partial charge in [-0.25, -0.2) is 0 Å². The van der Waals surface area contributed by atoms with E-state index in [-0.39, 0.29) is 0 Å². The molecule has 0 aromatic heterocycles. The number of halogens is 1. The van der Waals surface area contributed by atoms with Gasteiger partial charge in [0.1, 0.15) is 11.5 Å². The van der Waals surface area contributed by atoms with Crippen molar-refractivity contribution in [2.45, 2.75) is 6.54 Å². The molecule has 4 N–H and O–H groups in total. The molecular formula is C14H13ClN2O2. The summed E-state index contributed by atoms with van der Waals surface area (Å²) in [4.78, 5) is 11.0. The number of hydrogen-bond acceptors (Lipinski definition) is 3. The van der Waals surface area contributed by atoms with Gasteiger partial charge in [0.2, 0.25) is 5.91 Å². The Hall–Kier alpha value is -2.04. The largest absolute Gasteiger partial charge is 0.457 e. The van der Waals surface area contributed by atoms with Crippen molar-refractivity contribution < 1.29 is 9.53 Å². The van der Waals surface area contributed by atoms with Crippen molar-refractivity contribution in [3.05, 3.63) is 58.6 Å². The summed E-state index contributed by atoms with van der Waals surface area (Å²) >= 11 is 5.89. The third kappa shape index (κ3) is 3.24. The van der Waals surface area contributed by atoms with E-state index in [1.54, 1.807) is 42.5 Å². The molecule has 0 heterocycles. The molecule has 2 aromatic carbocycles. The van der Waals surface area contributed by atoms with Gasteiger partial charge in [0.25, 0.3) is 0 Å². The van der Waals surface area contributed by atoms with Crippen molar-refractivity contribution in [3.63, 3.8) is 0 Å². The molecule has 0 aliphatic heterocycles. The summed E-state index contributed by atoms with van der Waals surface area (Å²) in [5.74, 6) is 0.765. The van der Waals surface area contributed by atoms with Gasteiger partial charge in [-0.3, -0.25) is 4.79 Å². The lowest BCUT2D eigenvalue weighted by molar-refractivity contribution is 0.100. The molecule has 2 aromatic rings. The van der Waals surface area contributed by atoms with Crippen molar-refractivity contribution in [2.75, 3.05) is 0 Å². The van der Waals surface area contributed by atoms with Crippen LogP contribution in [0.4, 0.5) is 0 Å². The van der Waals surface area contributed by atoms with E-state index in [9.17, 15) is 4.79 Å². The maximum absolute atomic E-state index is 11.0. The Labute approximate surface area is 115 Å². The van der Waals surface area contributed by atoms with Gasteiger partial charge >= 0.3 is 0 Å². The van der Waals surface area contributed by atoms with Gasteiger partial charge in [0, 0.05) is 22.7 Å². The number of ether oxygens (including phenoxy) is 1. The Kier molecular flexibility index (Phi) is 4.04. The van der Waals surface area contributed by atoms with Crippen molar-refractivity contribution in [1.82, 2.24) is 0 Å². The number of nitrogens with two attached hydrogens (primary N) is 2. The van der Waals surface area contributed by atoms with E-state index >= 15 is 0 Å². The molecule has 0 aliphatic carbocycles. The highest BCUT2D eigenvalue weighted by Gasteiger charge is 2.06. The standard InChI is InChI=1S/C14H13ClN2O2/c15-11-3-6-13(10(7-11)8-16)19-12-4-1-9(2-5-12)14(17)18/h1-7H,8,16H2,(H2,17,18). The molecule has 2 rings (SSSR count). The third-order valence-corrected chi connectivity index (χ3v) is 2.84. The zero-order chi connectivity index (χ0) is 13.8. The van der Waals surface area contributed by atoms with Gasteiger partial charge in [0.15, 0.2) is 0 Å². The monoisotopic (exact) mass is 276 g/mol. The minimum absolute atomic E-state index is 0.329. The lowest BCUT2D eigenvalue weighted by Crippen LogP contribution is -2.10. The summed E-state index contributed by atoms with van der Waals surface area (Å²) in [7, 11) is 0. The number of hydrogen-bond donors (Lipinski definition) is 2. The minimum atomic E-state index is -0.472. The van der Waals surface area contributed by atoms with E-state index in [1.807, 2.05) is 0 Å². The average Bonchev–Trinajstić information content (AvgIpc) is 2.41. The fraction of sp³-hybridized carbons (Fsp3) is 0.0714. The molecule has 0 saturated carbocycles. The lowest BCUT2D eigenvalue weighted by atomic mass is 10.2. The lowest BCUT2D eigenvalue weighted by Gasteiger charge is -2.10. The SMILES string of the molecule is NCc1cc(Cl)ccc1Oc1ccc(C(N)=O)cc1. The Morgan fingerprint density at radius 2 is 1.84 bits per heavy atom. The van der Waals surface area contributed by atoms with Crippen LogP contribution in [0, 0.1) is 0 Å². The molecule has 0 atom stereocenters. The highest BCUT2D eigenvalue weighted by Crippen LogP contribution is 2.27. The van der Waals surface area contributed by atoms with E-state index in [0.29, 0.717) is 28.6 Å². The van der Waals surface area contributed by atoms with Crippen LogP contribution in [0.2, 0.25) is 5.02 Å².